The smallest absolute Gasteiger partial charge is 0.336 e. The monoisotopic (exact) mass is 387 g/mol. The molecule has 1 N–H and O–H groups in total. The summed E-state index contributed by atoms with van der Waals surface area (Å²) in [4.78, 5) is 26.2. The first-order valence-electron chi connectivity index (χ1n) is 10.1. The van der Waals surface area contributed by atoms with Crippen LogP contribution in [0.4, 0.5) is 0 Å². The van der Waals surface area contributed by atoms with E-state index in [1.807, 2.05) is 55.5 Å². The van der Waals surface area contributed by atoms with Crippen molar-refractivity contribution in [3.8, 4) is 0 Å². The fraction of sp³-hybridized carbons (Fsp3) is 0.280. The Kier molecular flexibility index (Phi) is 5.34. The van der Waals surface area contributed by atoms with Crippen molar-refractivity contribution in [1.82, 2.24) is 5.32 Å². The van der Waals surface area contributed by atoms with Crippen LogP contribution < -0.4 is 5.32 Å². The number of hydrogen-bond donors (Lipinski definition) is 1. The Balaban J connectivity index is 1.79. The third kappa shape index (κ3) is 3.63. The molecule has 4 nitrogen and oxygen atoms in total. The summed E-state index contributed by atoms with van der Waals surface area (Å²) in [6.45, 7) is 3.98. The van der Waals surface area contributed by atoms with E-state index in [0.29, 0.717) is 24.2 Å². The lowest BCUT2D eigenvalue weighted by Gasteiger charge is -2.36. The van der Waals surface area contributed by atoms with Crippen molar-refractivity contribution in [3.63, 3.8) is 0 Å². The Hall–Kier alpha value is -3.14. The van der Waals surface area contributed by atoms with Crippen LogP contribution in [0.15, 0.2) is 83.2 Å². The molecule has 2 aromatic carbocycles. The van der Waals surface area contributed by atoms with Crippen LogP contribution in [0.2, 0.25) is 0 Å². The number of allylic oxidation sites excluding steroid dienone is 3. The summed E-state index contributed by atoms with van der Waals surface area (Å²) < 4.78 is 5.34. The minimum Gasteiger partial charge on any atom is -0.463 e. The second-order valence-electron chi connectivity index (χ2n) is 7.56. The second kappa shape index (κ2) is 8.08. The van der Waals surface area contributed by atoms with Gasteiger partial charge in [0.2, 0.25) is 0 Å². The van der Waals surface area contributed by atoms with Crippen molar-refractivity contribution in [2.45, 2.75) is 38.5 Å². The lowest BCUT2D eigenvalue weighted by molar-refractivity contribution is -0.138. The van der Waals surface area contributed by atoms with Crippen molar-refractivity contribution in [3.05, 3.63) is 94.3 Å². The summed E-state index contributed by atoms with van der Waals surface area (Å²) >= 11 is 0. The highest BCUT2D eigenvalue weighted by atomic mass is 16.5. The number of ether oxygens (including phenoxy) is 1. The molecule has 0 spiro atoms. The van der Waals surface area contributed by atoms with Crippen LogP contribution in [0.5, 0.6) is 0 Å². The van der Waals surface area contributed by atoms with E-state index in [1.165, 1.54) is 5.56 Å². The molecule has 0 fully saturated rings. The van der Waals surface area contributed by atoms with Gasteiger partial charge >= 0.3 is 5.97 Å². The fourth-order valence-corrected chi connectivity index (χ4v) is 4.46. The van der Waals surface area contributed by atoms with Gasteiger partial charge in [-0.3, -0.25) is 4.79 Å². The molecule has 29 heavy (non-hydrogen) atoms. The Morgan fingerprint density at radius 1 is 1.00 bits per heavy atom. The molecule has 1 aliphatic carbocycles. The van der Waals surface area contributed by atoms with Gasteiger partial charge < -0.3 is 10.1 Å². The molecule has 0 saturated carbocycles. The zero-order chi connectivity index (χ0) is 20.4. The number of benzene rings is 2. The molecule has 148 valence electrons. The Morgan fingerprint density at radius 2 is 1.62 bits per heavy atom. The van der Waals surface area contributed by atoms with E-state index in [1.54, 1.807) is 6.92 Å². The van der Waals surface area contributed by atoms with E-state index in [2.05, 4.69) is 17.4 Å². The van der Waals surface area contributed by atoms with Crippen LogP contribution in [-0.2, 0) is 14.3 Å². The molecule has 4 heteroatoms. The number of ketones is 1. The molecule has 0 bridgehead atoms. The van der Waals surface area contributed by atoms with Crippen LogP contribution >= 0.6 is 0 Å². The van der Waals surface area contributed by atoms with Gasteiger partial charge in [-0.15, -0.1) is 0 Å². The van der Waals surface area contributed by atoms with Gasteiger partial charge in [-0.2, -0.15) is 0 Å². The summed E-state index contributed by atoms with van der Waals surface area (Å²) in [5.74, 6) is -0.523. The van der Waals surface area contributed by atoms with E-state index >= 15 is 0 Å². The molecule has 4 rings (SSSR count). The van der Waals surface area contributed by atoms with Crippen molar-refractivity contribution >= 4 is 11.8 Å². The molecule has 0 aromatic heterocycles. The summed E-state index contributed by atoms with van der Waals surface area (Å²) in [6.07, 6.45) is 1.20. The Bertz CT molecular complexity index is 989. The molecule has 1 heterocycles. The number of hydrogen-bond acceptors (Lipinski definition) is 4. The highest BCUT2D eigenvalue weighted by Gasteiger charge is 2.41. The van der Waals surface area contributed by atoms with Crippen molar-refractivity contribution in [1.29, 1.82) is 0 Å². The first-order chi connectivity index (χ1) is 14.1. The maximum Gasteiger partial charge on any atom is 0.336 e. The predicted molar refractivity (Wildman–Crippen MR) is 112 cm³/mol. The highest BCUT2D eigenvalue weighted by Crippen LogP contribution is 2.45. The average molecular weight is 387 g/mol. The molecule has 0 amide bonds. The SMILES string of the molecule is CCOC(=O)C1=C(C)NC2=C(C(=O)C[C@H](c3ccccc3)C2)[C@H]1c1ccccc1. The van der Waals surface area contributed by atoms with Gasteiger partial charge in [-0.05, 0) is 37.3 Å². The number of carbonyl (C=O) groups excluding carboxylic acids is 2. The lowest BCUT2D eigenvalue weighted by Crippen LogP contribution is -2.36. The number of rotatable bonds is 4. The standard InChI is InChI=1S/C25H25NO3/c1-3-29-25(28)22-16(2)26-20-14-19(17-10-6-4-7-11-17)15-21(27)24(20)23(22)18-12-8-5-9-13-18/h4-13,19,23,26H,3,14-15H2,1-2H3/t19-,23+/m1/s1. The number of nitrogens with one attached hydrogen (secondary N) is 1. The number of esters is 1. The van der Waals surface area contributed by atoms with Gasteiger partial charge in [0.05, 0.1) is 12.2 Å². The minimum atomic E-state index is -0.393. The normalized spacial score (nSPS) is 21.5. The van der Waals surface area contributed by atoms with Crippen LogP contribution in [0.25, 0.3) is 0 Å². The van der Waals surface area contributed by atoms with Crippen molar-refractivity contribution in [2.75, 3.05) is 6.61 Å². The quantitative estimate of drug-likeness (QED) is 0.779. The van der Waals surface area contributed by atoms with Crippen LogP contribution in [0.3, 0.4) is 0 Å². The molecular formula is C25H25NO3. The zero-order valence-corrected chi connectivity index (χ0v) is 16.8. The molecule has 2 aliphatic rings. The summed E-state index contributed by atoms with van der Waals surface area (Å²) in [7, 11) is 0. The summed E-state index contributed by atoms with van der Waals surface area (Å²) in [6, 6.07) is 19.9. The van der Waals surface area contributed by atoms with E-state index in [-0.39, 0.29) is 17.7 Å². The first-order valence-corrected chi connectivity index (χ1v) is 10.1. The van der Waals surface area contributed by atoms with E-state index in [9.17, 15) is 9.59 Å². The molecular weight excluding hydrogens is 362 g/mol. The Morgan fingerprint density at radius 3 is 2.24 bits per heavy atom. The van der Waals surface area contributed by atoms with E-state index < -0.39 is 5.92 Å². The van der Waals surface area contributed by atoms with E-state index in [0.717, 1.165) is 23.4 Å². The van der Waals surface area contributed by atoms with Gasteiger partial charge in [0.15, 0.2) is 5.78 Å². The molecule has 0 radical (unpaired) electrons. The fourth-order valence-electron chi connectivity index (χ4n) is 4.46. The Labute approximate surface area is 171 Å². The third-order valence-corrected chi connectivity index (χ3v) is 5.73. The zero-order valence-electron chi connectivity index (χ0n) is 16.8. The topological polar surface area (TPSA) is 55.4 Å². The highest BCUT2D eigenvalue weighted by molar-refractivity contribution is 6.04. The van der Waals surface area contributed by atoms with Crippen molar-refractivity contribution < 1.29 is 14.3 Å². The average Bonchev–Trinajstić information content (AvgIpc) is 2.74. The van der Waals surface area contributed by atoms with Crippen molar-refractivity contribution in [2.24, 2.45) is 0 Å². The van der Waals surface area contributed by atoms with Crippen LogP contribution in [0.1, 0.15) is 49.7 Å². The van der Waals surface area contributed by atoms with Gasteiger partial charge in [0.1, 0.15) is 0 Å². The van der Waals surface area contributed by atoms with Gasteiger partial charge in [-0.25, -0.2) is 4.79 Å². The first kappa shape index (κ1) is 19.2. The van der Waals surface area contributed by atoms with E-state index in [4.69, 9.17) is 4.74 Å². The van der Waals surface area contributed by atoms with Gasteiger partial charge in [0, 0.05) is 29.3 Å². The maximum atomic E-state index is 13.4. The molecule has 0 saturated heterocycles. The minimum absolute atomic E-state index is 0.0933. The van der Waals surface area contributed by atoms with Crippen LogP contribution in [-0.4, -0.2) is 18.4 Å². The number of carbonyl (C=O) groups is 2. The largest absolute Gasteiger partial charge is 0.463 e. The van der Waals surface area contributed by atoms with Gasteiger partial charge in [0.25, 0.3) is 0 Å². The number of Topliss-reactive ketones (excluding diaryl/α,β-unsaturated/α-hetero) is 1. The maximum absolute atomic E-state index is 13.4. The van der Waals surface area contributed by atoms with Crippen LogP contribution in [0, 0.1) is 0 Å². The number of dihydropyridines is 1. The predicted octanol–water partition coefficient (Wildman–Crippen LogP) is 4.61. The molecule has 1 aliphatic heterocycles. The lowest BCUT2D eigenvalue weighted by atomic mass is 9.72. The molecule has 0 unspecified atom stereocenters. The van der Waals surface area contributed by atoms with Gasteiger partial charge in [-0.1, -0.05) is 60.7 Å². The third-order valence-electron chi connectivity index (χ3n) is 5.73. The molecule has 2 aromatic rings. The molecule has 2 atom stereocenters. The second-order valence-corrected chi connectivity index (χ2v) is 7.56. The summed E-state index contributed by atoms with van der Waals surface area (Å²) in [5.41, 5.74) is 5.03. The summed E-state index contributed by atoms with van der Waals surface area (Å²) in [5, 5.41) is 3.38.